The monoisotopic (exact) mass is 433 g/mol. The average Bonchev–Trinajstić information content (AvgIpc) is 3.17. The average molecular weight is 434 g/mol. The predicted octanol–water partition coefficient (Wildman–Crippen LogP) is 4.74. The van der Waals surface area contributed by atoms with E-state index < -0.39 is 5.82 Å². The second-order valence-corrected chi connectivity index (χ2v) is 8.60. The van der Waals surface area contributed by atoms with E-state index in [-0.39, 0.29) is 17.5 Å². The lowest BCUT2D eigenvalue weighted by Gasteiger charge is -2.18. The Kier molecular flexibility index (Phi) is 6.07. The maximum absolute atomic E-state index is 14.2. The van der Waals surface area contributed by atoms with Gasteiger partial charge in [-0.1, -0.05) is 48.3 Å². The lowest BCUT2D eigenvalue weighted by Crippen LogP contribution is -2.29. The fraction of sp³-hybridized carbons (Fsp3) is 0.158. The number of hydrogen-bond donors (Lipinski definition) is 0. The standard InChI is InChI=1S/C19H16FN3O2S3/c1-11(2)9-22-17(25)16(28-19(22)26)8-13-10-27-18(21-13)23(12(3)24)15-7-5-4-6-14(15)20/h4-8,10H,1,9H2,2-3H3. The van der Waals surface area contributed by atoms with Gasteiger partial charge in [-0.25, -0.2) is 9.37 Å². The number of benzene rings is 1. The molecule has 1 aromatic carbocycles. The number of thiocarbonyl (C=S) groups is 1. The molecule has 28 heavy (non-hydrogen) atoms. The zero-order valence-electron chi connectivity index (χ0n) is 15.1. The molecule has 144 valence electrons. The number of anilines is 2. The van der Waals surface area contributed by atoms with Gasteiger partial charge >= 0.3 is 0 Å². The van der Waals surface area contributed by atoms with Gasteiger partial charge in [0.05, 0.1) is 16.3 Å². The molecule has 3 rings (SSSR count). The molecule has 2 aromatic rings. The van der Waals surface area contributed by atoms with Gasteiger partial charge in [0, 0.05) is 18.8 Å². The summed E-state index contributed by atoms with van der Waals surface area (Å²) in [5.41, 5.74) is 1.46. The number of thioether (sulfide) groups is 1. The van der Waals surface area contributed by atoms with Crippen molar-refractivity contribution in [3.05, 3.63) is 58.2 Å². The van der Waals surface area contributed by atoms with Crippen molar-refractivity contribution in [2.24, 2.45) is 0 Å². The summed E-state index contributed by atoms with van der Waals surface area (Å²) in [4.78, 5) is 32.2. The molecule has 0 unspecified atom stereocenters. The molecule has 0 N–H and O–H groups in total. The Balaban J connectivity index is 1.89. The number of nitrogens with zero attached hydrogens (tertiary/aromatic N) is 3. The third-order valence-electron chi connectivity index (χ3n) is 3.69. The Morgan fingerprint density at radius 1 is 1.39 bits per heavy atom. The van der Waals surface area contributed by atoms with Crippen molar-refractivity contribution in [3.8, 4) is 0 Å². The zero-order chi connectivity index (χ0) is 20.4. The van der Waals surface area contributed by atoms with Crippen LogP contribution in [0.3, 0.4) is 0 Å². The number of halogens is 1. The minimum absolute atomic E-state index is 0.128. The maximum Gasteiger partial charge on any atom is 0.266 e. The first-order valence-electron chi connectivity index (χ1n) is 8.18. The second-order valence-electron chi connectivity index (χ2n) is 6.09. The first kappa shape index (κ1) is 20.4. The van der Waals surface area contributed by atoms with Crippen LogP contribution < -0.4 is 4.90 Å². The van der Waals surface area contributed by atoms with Crippen LogP contribution in [0.1, 0.15) is 19.5 Å². The van der Waals surface area contributed by atoms with E-state index >= 15 is 0 Å². The third-order valence-corrected chi connectivity index (χ3v) is 5.91. The Bertz CT molecular complexity index is 1020. The number of para-hydroxylation sites is 1. The second kappa shape index (κ2) is 8.34. The topological polar surface area (TPSA) is 53.5 Å². The number of carbonyl (C=O) groups excluding carboxylic acids is 2. The highest BCUT2D eigenvalue weighted by Gasteiger charge is 2.32. The van der Waals surface area contributed by atoms with Gasteiger partial charge in [-0.15, -0.1) is 11.3 Å². The van der Waals surface area contributed by atoms with E-state index in [0.29, 0.717) is 26.6 Å². The van der Waals surface area contributed by atoms with Gasteiger partial charge in [0.25, 0.3) is 5.91 Å². The van der Waals surface area contributed by atoms with Crippen LogP contribution in [0.4, 0.5) is 15.2 Å². The van der Waals surface area contributed by atoms with E-state index in [9.17, 15) is 14.0 Å². The molecule has 1 aliphatic heterocycles. The fourth-order valence-corrected chi connectivity index (χ4v) is 4.60. The number of hydrogen-bond acceptors (Lipinski definition) is 6. The van der Waals surface area contributed by atoms with Crippen molar-refractivity contribution in [2.75, 3.05) is 11.4 Å². The van der Waals surface area contributed by atoms with E-state index in [1.807, 2.05) is 6.92 Å². The van der Waals surface area contributed by atoms with Gasteiger partial charge in [-0.2, -0.15) is 0 Å². The lowest BCUT2D eigenvalue weighted by atomic mass is 10.3. The van der Waals surface area contributed by atoms with Gasteiger partial charge < -0.3 is 0 Å². The van der Waals surface area contributed by atoms with E-state index in [0.717, 1.165) is 5.57 Å². The van der Waals surface area contributed by atoms with Crippen molar-refractivity contribution in [2.45, 2.75) is 13.8 Å². The van der Waals surface area contributed by atoms with Crippen molar-refractivity contribution in [1.82, 2.24) is 9.88 Å². The van der Waals surface area contributed by atoms with Crippen molar-refractivity contribution in [3.63, 3.8) is 0 Å². The van der Waals surface area contributed by atoms with Crippen LogP contribution in [-0.4, -0.2) is 32.6 Å². The molecule has 2 heterocycles. The SMILES string of the molecule is C=C(C)CN1C(=O)C(=Cc2csc(N(C(C)=O)c3ccccc3F)n2)SC1=S. The molecule has 0 aliphatic carbocycles. The minimum atomic E-state index is -0.518. The van der Waals surface area contributed by atoms with E-state index in [1.54, 1.807) is 23.6 Å². The summed E-state index contributed by atoms with van der Waals surface area (Å²) in [5, 5.41) is 2.03. The summed E-state index contributed by atoms with van der Waals surface area (Å²) >= 11 is 7.64. The van der Waals surface area contributed by atoms with Crippen LogP contribution in [-0.2, 0) is 9.59 Å². The van der Waals surface area contributed by atoms with Crippen LogP contribution in [0, 0.1) is 5.82 Å². The smallest absolute Gasteiger partial charge is 0.266 e. The summed E-state index contributed by atoms with van der Waals surface area (Å²) in [6.07, 6.45) is 1.62. The van der Waals surface area contributed by atoms with Gasteiger partial charge in [-0.05, 0) is 25.1 Å². The van der Waals surface area contributed by atoms with Crippen molar-refractivity contribution >= 4 is 68.3 Å². The molecule has 2 amide bonds. The quantitative estimate of drug-likeness (QED) is 0.387. The van der Waals surface area contributed by atoms with Crippen molar-refractivity contribution < 1.29 is 14.0 Å². The fourth-order valence-electron chi connectivity index (χ4n) is 2.53. The van der Waals surface area contributed by atoms with E-state index in [4.69, 9.17) is 12.2 Å². The van der Waals surface area contributed by atoms with Gasteiger partial charge in [-0.3, -0.25) is 19.4 Å². The van der Waals surface area contributed by atoms with Crippen LogP contribution in [0.5, 0.6) is 0 Å². The minimum Gasteiger partial charge on any atom is -0.289 e. The first-order valence-corrected chi connectivity index (χ1v) is 10.3. The molecule has 1 aliphatic rings. The molecule has 0 atom stereocenters. The third kappa shape index (κ3) is 4.21. The molecule has 1 aromatic heterocycles. The summed E-state index contributed by atoms with van der Waals surface area (Å²) in [6.45, 7) is 7.35. The zero-order valence-corrected chi connectivity index (χ0v) is 17.6. The highest BCUT2D eigenvalue weighted by atomic mass is 32.2. The van der Waals surface area contributed by atoms with Gasteiger partial charge in [0.2, 0.25) is 5.91 Å². The lowest BCUT2D eigenvalue weighted by molar-refractivity contribution is -0.121. The Morgan fingerprint density at radius 3 is 2.75 bits per heavy atom. The molecule has 0 bridgehead atoms. The molecule has 5 nitrogen and oxygen atoms in total. The van der Waals surface area contributed by atoms with Gasteiger partial charge in [0.1, 0.15) is 10.1 Å². The molecular formula is C19H16FN3O2S3. The van der Waals surface area contributed by atoms with Gasteiger partial charge in [0.15, 0.2) is 5.13 Å². The van der Waals surface area contributed by atoms with Crippen molar-refractivity contribution in [1.29, 1.82) is 0 Å². The number of carbonyl (C=O) groups is 2. The molecule has 1 fully saturated rings. The predicted molar refractivity (Wildman–Crippen MR) is 116 cm³/mol. The Morgan fingerprint density at radius 2 is 2.11 bits per heavy atom. The maximum atomic E-state index is 14.2. The van der Waals surface area contributed by atoms with E-state index in [2.05, 4.69) is 11.6 Å². The molecule has 0 radical (unpaired) electrons. The molecule has 1 saturated heterocycles. The molecule has 9 heteroatoms. The van der Waals surface area contributed by atoms with Crippen LogP contribution in [0.15, 0.2) is 46.7 Å². The summed E-state index contributed by atoms with van der Waals surface area (Å²) < 4.78 is 14.6. The highest BCUT2D eigenvalue weighted by Crippen LogP contribution is 2.35. The van der Waals surface area contributed by atoms with Crippen LogP contribution in [0.2, 0.25) is 0 Å². The molecule has 0 spiro atoms. The summed E-state index contributed by atoms with van der Waals surface area (Å²) in [5.74, 6) is -1.08. The van der Waals surface area contributed by atoms with Crippen LogP contribution >= 0.6 is 35.3 Å². The normalized spacial score (nSPS) is 15.4. The molecular weight excluding hydrogens is 417 g/mol. The number of amides is 2. The van der Waals surface area contributed by atoms with Crippen LogP contribution in [0.25, 0.3) is 6.08 Å². The number of thiazole rings is 1. The Labute approximate surface area is 175 Å². The number of rotatable bonds is 5. The first-order chi connectivity index (χ1) is 13.3. The Hall–Kier alpha value is -2.36. The number of aromatic nitrogens is 1. The van der Waals surface area contributed by atoms with E-state index in [1.165, 1.54) is 52.0 Å². The highest BCUT2D eigenvalue weighted by molar-refractivity contribution is 8.26. The molecule has 0 saturated carbocycles. The summed E-state index contributed by atoms with van der Waals surface area (Å²) in [6, 6.07) is 6.00. The summed E-state index contributed by atoms with van der Waals surface area (Å²) in [7, 11) is 0. The largest absolute Gasteiger partial charge is 0.289 e.